The molecule has 15 heavy (non-hydrogen) atoms. The maximum Gasteiger partial charge on any atom is 0.207 e. The highest BCUT2D eigenvalue weighted by atomic mass is 79.9. The van der Waals surface area contributed by atoms with Crippen molar-refractivity contribution in [3.63, 3.8) is 0 Å². The van der Waals surface area contributed by atoms with E-state index in [1.807, 2.05) is 17.8 Å². The van der Waals surface area contributed by atoms with Crippen molar-refractivity contribution < 1.29 is 4.39 Å². The van der Waals surface area contributed by atoms with Gasteiger partial charge in [0, 0.05) is 23.9 Å². The Morgan fingerprint density at radius 2 is 2.27 bits per heavy atom. The Morgan fingerprint density at radius 3 is 2.93 bits per heavy atom. The zero-order valence-corrected chi connectivity index (χ0v) is 9.62. The summed E-state index contributed by atoms with van der Waals surface area (Å²) < 4.78 is 15.6. The number of anilines is 2. The minimum Gasteiger partial charge on any atom is -0.325 e. The van der Waals surface area contributed by atoms with E-state index in [1.165, 1.54) is 12.1 Å². The Balaban J connectivity index is 2.32. The van der Waals surface area contributed by atoms with Crippen LogP contribution in [0.4, 0.5) is 16.0 Å². The molecule has 1 heterocycles. The highest BCUT2D eigenvalue weighted by molar-refractivity contribution is 9.10. The van der Waals surface area contributed by atoms with Gasteiger partial charge in [-0.3, -0.25) is 0 Å². The molecule has 78 valence electrons. The predicted molar refractivity (Wildman–Crippen MR) is 60.6 cm³/mol. The molecule has 0 aliphatic carbocycles. The standard InChI is InChI=1S/C10H9BrFN3/c1-15-5-4-13-10(15)14-9-6-7(12)2-3-8(9)11/h2-6H,1H3,(H,13,14). The lowest BCUT2D eigenvalue weighted by atomic mass is 10.3. The van der Waals surface area contributed by atoms with Crippen molar-refractivity contribution in [1.82, 2.24) is 9.55 Å². The van der Waals surface area contributed by atoms with Crippen LogP contribution in [0.3, 0.4) is 0 Å². The smallest absolute Gasteiger partial charge is 0.207 e. The largest absolute Gasteiger partial charge is 0.325 e. The van der Waals surface area contributed by atoms with E-state index in [2.05, 4.69) is 26.2 Å². The minimum absolute atomic E-state index is 0.282. The van der Waals surface area contributed by atoms with Crippen LogP contribution in [0, 0.1) is 5.82 Å². The lowest BCUT2D eigenvalue weighted by molar-refractivity contribution is 0.628. The first kappa shape index (κ1) is 10.2. The summed E-state index contributed by atoms with van der Waals surface area (Å²) in [4.78, 5) is 4.09. The van der Waals surface area contributed by atoms with Crippen molar-refractivity contribution in [3.8, 4) is 0 Å². The second kappa shape index (κ2) is 4.02. The molecule has 1 N–H and O–H groups in total. The summed E-state index contributed by atoms with van der Waals surface area (Å²) in [5, 5.41) is 3.03. The highest BCUT2D eigenvalue weighted by Crippen LogP contribution is 2.25. The summed E-state index contributed by atoms with van der Waals surface area (Å²) in [7, 11) is 1.86. The molecule has 0 saturated carbocycles. The Hall–Kier alpha value is -1.36. The van der Waals surface area contributed by atoms with Gasteiger partial charge in [-0.25, -0.2) is 9.37 Å². The summed E-state index contributed by atoms with van der Waals surface area (Å²) >= 11 is 3.33. The van der Waals surface area contributed by atoms with E-state index >= 15 is 0 Å². The van der Waals surface area contributed by atoms with Crippen LogP contribution < -0.4 is 5.32 Å². The van der Waals surface area contributed by atoms with Crippen LogP contribution in [0.25, 0.3) is 0 Å². The van der Waals surface area contributed by atoms with Crippen LogP contribution in [-0.4, -0.2) is 9.55 Å². The topological polar surface area (TPSA) is 29.9 Å². The second-order valence-electron chi connectivity index (χ2n) is 3.11. The Morgan fingerprint density at radius 1 is 1.47 bits per heavy atom. The number of hydrogen-bond acceptors (Lipinski definition) is 2. The zero-order chi connectivity index (χ0) is 10.8. The number of rotatable bonds is 2. The number of hydrogen-bond donors (Lipinski definition) is 1. The molecule has 0 radical (unpaired) electrons. The molecule has 0 amide bonds. The zero-order valence-electron chi connectivity index (χ0n) is 8.04. The molecule has 2 aromatic rings. The lowest BCUT2D eigenvalue weighted by Crippen LogP contribution is -1.99. The van der Waals surface area contributed by atoms with E-state index in [1.54, 1.807) is 12.3 Å². The van der Waals surface area contributed by atoms with Gasteiger partial charge in [0.25, 0.3) is 0 Å². The SMILES string of the molecule is Cn1ccnc1Nc1cc(F)ccc1Br. The summed E-state index contributed by atoms with van der Waals surface area (Å²) in [6.07, 6.45) is 3.49. The van der Waals surface area contributed by atoms with E-state index < -0.39 is 0 Å². The van der Waals surface area contributed by atoms with E-state index in [4.69, 9.17) is 0 Å². The van der Waals surface area contributed by atoms with Crippen LogP contribution in [0.1, 0.15) is 0 Å². The maximum absolute atomic E-state index is 13.0. The summed E-state index contributed by atoms with van der Waals surface area (Å²) in [5.41, 5.74) is 0.657. The van der Waals surface area contributed by atoms with Crippen molar-refractivity contribution in [2.75, 3.05) is 5.32 Å². The number of halogens is 2. The maximum atomic E-state index is 13.0. The van der Waals surface area contributed by atoms with E-state index in [-0.39, 0.29) is 5.82 Å². The number of benzene rings is 1. The van der Waals surface area contributed by atoms with Crippen molar-refractivity contribution in [2.45, 2.75) is 0 Å². The van der Waals surface area contributed by atoms with Crippen LogP contribution in [-0.2, 0) is 7.05 Å². The summed E-state index contributed by atoms with van der Waals surface area (Å²) in [6, 6.07) is 4.47. The molecule has 3 nitrogen and oxygen atoms in total. The van der Waals surface area contributed by atoms with Crippen molar-refractivity contribution in [2.24, 2.45) is 7.05 Å². The molecule has 0 bridgehead atoms. The lowest BCUT2D eigenvalue weighted by Gasteiger charge is -2.07. The molecule has 0 aliphatic rings. The van der Waals surface area contributed by atoms with E-state index in [0.29, 0.717) is 11.6 Å². The first-order chi connectivity index (χ1) is 7.16. The molecule has 5 heteroatoms. The van der Waals surface area contributed by atoms with Gasteiger partial charge in [-0.15, -0.1) is 0 Å². The molecule has 2 rings (SSSR count). The number of nitrogens with one attached hydrogen (secondary N) is 1. The fourth-order valence-electron chi connectivity index (χ4n) is 1.20. The first-order valence-corrected chi connectivity index (χ1v) is 5.15. The molecule has 0 fully saturated rings. The van der Waals surface area contributed by atoms with Crippen molar-refractivity contribution in [1.29, 1.82) is 0 Å². The third-order valence-electron chi connectivity index (χ3n) is 2.00. The number of nitrogens with zero attached hydrogens (tertiary/aromatic N) is 2. The van der Waals surface area contributed by atoms with Gasteiger partial charge in [-0.2, -0.15) is 0 Å². The quantitative estimate of drug-likeness (QED) is 0.908. The number of imidazole rings is 1. The molecule has 0 unspecified atom stereocenters. The van der Waals surface area contributed by atoms with Gasteiger partial charge in [0.05, 0.1) is 5.69 Å². The molecule has 1 aromatic heterocycles. The molecule has 0 aliphatic heterocycles. The Labute approximate surface area is 95.1 Å². The van der Waals surface area contributed by atoms with Gasteiger partial charge in [-0.05, 0) is 34.1 Å². The van der Waals surface area contributed by atoms with Crippen LogP contribution in [0.5, 0.6) is 0 Å². The van der Waals surface area contributed by atoms with E-state index in [0.717, 1.165) is 4.47 Å². The monoisotopic (exact) mass is 269 g/mol. The van der Waals surface area contributed by atoms with Crippen molar-refractivity contribution in [3.05, 3.63) is 40.9 Å². The van der Waals surface area contributed by atoms with Gasteiger partial charge in [0.1, 0.15) is 5.82 Å². The van der Waals surface area contributed by atoms with Gasteiger partial charge in [-0.1, -0.05) is 0 Å². The summed E-state index contributed by atoms with van der Waals surface area (Å²) in [6.45, 7) is 0. The second-order valence-corrected chi connectivity index (χ2v) is 3.97. The Kier molecular flexibility index (Phi) is 2.73. The molecular weight excluding hydrogens is 261 g/mol. The molecule has 0 saturated heterocycles. The summed E-state index contributed by atoms with van der Waals surface area (Å²) in [5.74, 6) is 0.385. The van der Waals surface area contributed by atoms with Gasteiger partial charge < -0.3 is 9.88 Å². The average Bonchev–Trinajstić information content (AvgIpc) is 2.58. The predicted octanol–water partition coefficient (Wildman–Crippen LogP) is 3.07. The van der Waals surface area contributed by atoms with Gasteiger partial charge in [0.15, 0.2) is 0 Å². The average molecular weight is 270 g/mol. The van der Waals surface area contributed by atoms with E-state index in [9.17, 15) is 4.39 Å². The molecule has 0 spiro atoms. The fourth-order valence-corrected chi connectivity index (χ4v) is 1.55. The minimum atomic E-state index is -0.282. The molecule has 0 atom stereocenters. The van der Waals surface area contributed by atoms with Crippen LogP contribution in [0.2, 0.25) is 0 Å². The molecule has 1 aromatic carbocycles. The van der Waals surface area contributed by atoms with Crippen LogP contribution in [0.15, 0.2) is 35.1 Å². The number of aryl methyl sites for hydroxylation is 1. The fraction of sp³-hybridized carbons (Fsp3) is 0.100. The number of aromatic nitrogens is 2. The first-order valence-electron chi connectivity index (χ1n) is 4.36. The van der Waals surface area contributed by atoms with Gasteiger partial charge >= 0.3 is 0 Å². The van der Waals surface area contributed by atoms with Crippen LogP contribution >= 0.6 is 15.9 Å². The highest BCUT2D eigenvalue weighted by Gasteiger charge is 2.04. The van der Waals surface area contributed by atoms with Gasteiger partial charge in [0.2, 0.25) is 5.95 Å². The van der Waals surface area contributed by atoms with Crippen molar-refractivity contribution >= 4 is 27.6 Å². The Bertz CT molecular complexity index is 481. The third kappa shape index (κ3) is 2.18. The third-order valence-corrected chi connectivity index (χ3v) is 2.69. The molecular formula is C10H9BrFN3. The normalized spacial score (nSPS) is 10.3.